The van der Waals surface area contributed by atoms with Gasteiger partial charge in [-0.3, -0.25) is 4.79 Å². The first kappa shape index (κ1) is 19.4. The van der Waals surface area contributed by atoms with Gasteiger partial charge >= 0.3 is 0 Å². The number of carbonyl (C=O) groups excluding carboxylic acids is 1. The Morgan fingerprint density at radius 2 is 1.88 bits per heavy atom. The first-order chi connectivity index (χ1) is 12.4. The van der Waals surface area contributed by atoms with Crippen LogP contribution < -0.4 is 0 Å². The topological polar surface area (TPSA) is 57.7 Å². The average molecular weight is 379 g/mol. The fraction of sp³-hybridized carbons (Fsp3) is 0.650. The highest BCUT2D eigenvalue weighted by Crippen LogP contribution is 2.40. The third kappa shape index (κ3) is 3.41. The van der Waals surface area contributed by atoms with E-state index in [0.29, 0.717) is 30.6 Å². The van der Waals surface area contributed by atoms with Crippen LogP contribution in [0.25, 0.3) is 0 Å². The average Bonchev–Trinajstić information content (AvgIpc) is 2.97. The highest BCUT2D eigenvalue weighted by atomic mass is 32.2. The molecule has 2 aliphatic rings. The van der Waals surface area contributed by atoms with E-state index in [4.69, 9.17) is 0 Å². The zero-order valence-electron chi connectivity index (χ0n) is 16.0. The number of rotatable bonds is 5. The molecule has 3 rings (SSSR count). The summed E-state index contributed by atoms with van der Waals surface area (Å²) in [5.74, 6) is 0.578. The number of likely N-dealkylation sites (tertiary alicyclic amines) is 1. The molecular formula is C20H30N2O3S. The van der Waals surface area contributed by atoms with E-state index in [1.807, 2.05) is 18.7 Å². The molecule has 0 N–H and O–H groups in total. The van der Waals surface area contributed by atoms with E-state index < -0.39 is 10.0 Å². The number of hydrogen-bond acceptors (Lipinski definition) is 3. The van der Waals surface area contributed by atoms with Gasteiger partial charge in [-0.15, -0.1) is 0 Å². The van der Waals surface area contributed by atoms with Crippen LogP contribution in [0.5, 0.6) is 0 Å². The van der Waals surface area contributed by atoms with Crippen molar-refractivity contribution in [3.8, 4) is 0 Å². The van der Waals surface area contributed by atoms with Crippen LogP contribution in [0.1, 0.15) is 63.2 Å². The van der Waals surface area contributed by atoms with Crippen molar-refractivity contribution in [1.82, 2.24) is 9.21 Å². The minimum atomic E-state index is -3.56. The van der Waals surface area contributed by atoms with Crippen molar-refractivity contribution in [2.45, 2.75) is 69.9 Å². The molecule has 0 spiro atoms. The molecule has 26 heavy (non-hydrogen) atoms. The minimum Gasteiger partial charge on any atom is -0.333 e. The van der Waals surface area contributed by atoms with Gasteiger partial charge in [-0.1, -0.05) is 32.8 Å². The fourth-order valence-corrected chi connectivity index (χ4v) is 6.21. The first-order valence-electron chi connectivity index (χ1n) is 9.83. The lowest BCUT2D eigenvalue weighted by atomic mass is 9.85. The van der Waals surface area contributed by atoms with Crippen molar-refractivity contribution >= 4 is 15.9 Å². The first-order valence-corrected chi connectivity index (χ1v) is 11.3. The monoisotopic (exact) mass is 378 g/mol. The molecule has 1 amide bonds. The summed E-state index contributed by atoms with van der Waals surface area (Å²) in [7, 11) is -3.56. The Balaban J connectivity index is 1.89. The van der Waals surface area contributed by atoms with Gasteiger partial charge in [0.1, 0.15) is 0 Å². The molecule has 2 fully saturated rings. The molecule has 1 saturated carbocycles. The molecule has 3 atom stereocenters. The molecule has 3 unspecified atom stereocenters. The molecule has 0 radical (unpaired) electrons. The number of hydrogen-bond donors (Lipinski definition) is 0. The number of amides is 1. The van der Waals surface area contributed by atoms with Crippen molar-refractivity contribution in [2.75, 3.05) is 13.1 Å². The Morgan fingerprint density at radius 1 is 1.19 bits per heavy atom. The molecule has 5 nitrogen and oxygen atoms in total. The van der Waals surface area contributed by atoms with Crippen molar-refractivity contribution in [1.29, 1.82) is 0 Å². The number of nitrogens with zero attached hydrogens (tertiary/aromatic N) is 2. The van der Waals surface area contributed by atoms with Crippen molar-refractivity contribution in [3.63, 3.8) is 0 Å². The number of carbonyl (C=O) groups is 1. The molecular weight excluding hydrogens is 348 g/mol. The lowest BCUT2D eigenvalue weighted by Gasteiger charge is -2.33. The maximum atomic E-state index is 13.2. The molecule has 6 heteroatoms. The molecule has 1 aromatic rings. The van der Waals surface area contributed by atoms with Gasteiger partial charge < -0.3 is 4.90 Å². The Morgan fingerprint density at radius 3 is 2.58 bits per heavy atom. The molecule has 1 aromatic carbocycles. The number of benzene rings is 1. The summed E-state index contributed by atoms with van der Waals surface area (Å²) >= 11 is 0. The number of sulfonamides is 1. The van der Waals surface area contributed by atoms with E-state index in [0.717, 1.165) is 12.8 Å². The van der Waals surface area contributed by atoms with E-state index in [9.17, 15) is 13.2 Å². The van der Waals surface area contributed by atoms with E-state index in [2.05, 4.69) is 6.92 Å². The zero-order chi connectivity index (χ0) is 18.9. The number of fused-ring (bicyclic) bond motifs is 1. The van der Waals surface area contributed by atoms with Gasteiger partial charge in [0.25, 0.3) is 5.91 Å². The molecule has 0 bridgehead atoms. The van der Waals surface area contributed by atoms with E-state index in [1.165, 1.54) is 23.6 Å². The van der Waals surface area contributed by atoms with Gasteiger partial charge in [0, 0.05) is 30.7 Å². The Labute approximate surface area is 157 Å². The smallest absolute Gasteiger partial charge is 0.254 e. The molecule has 1 heterocycles. The third-order valence-electron chi connectivity index (χ3n) is 6.00. The summed E-state index contributed by atoms with van der Waals surface area (Å²) in [5, 5.41) is 0. The fourth-order valence-electron chi connectivity index (χ4n) is 4.71. The van der Waals surface area contributed by atoms with Gasteiger partial charge in [0.2, 0.25) is 10.0 Å². The maximum absolute atomic E-state index is 13.2. The normalized spacial score (nSPS) is 26.2. The summed E-state index contributed by atoms with van der Waals surface area (Å²) < 4.78 is 27.0. The zero-order valence-corrected chi connectivity index (χ0v) is 16.8. The SMILES string of the molecule is CCN(CC)S(=O)(=O)c1cccc(C(=O)N2C(C)CC3CCCCC32)c1. The standard InChI is InChI=1S/C20H30N2O3S/c1-4-21(5-2)26(24,25)18-11-8-10-17(14-18)20(23)22-15(3)13-16-9-6-7-12-19(16)22/h8,10-11,14-16,19H,4-7,9,12-13H2,1-3H3. The molecule has 1 aliphatic carbocycles. The third-order valence-corrected chi connectivity index (χ3v) is 8.05. The summed E-state index contributed by atoms with van der Waals surface area (Å²) in [4.78, 5) is 15.4. The summed E-state index contributed by atoms with van der Waals surface area (Å²) in [5.41, 5.74) is 0.483. The second-order valence-corrected chi connectivity index (χ2v) is 9.46. The van der Waals surface area contributed by atoms with Crippen LogP contribution in [-0.4, -0.2) is 48.7 Å². The van der Waals surface area contributed by atoms with E-state index in [-0.39, 0.29) is 16.8 Å². The molecule has 1 saturated heterocycles. The second kappa shape index (κ2) is 7.69. The van der Waals surface area contributed by atoms with Gasteiger partial charge in [-0.2, -0.15) is 4.31 Å². The Kier molecular flexibility index (Phi) is 5.72. The van der Waals surface area contributed by atoms with Crippen LogP contribution in [0.15, 0.2) is 29.2 Å². The lowest BCUT2D eigenvalue weighted by Crippen LogP contribution is -2.42. The van der Waals surface area contributed by atoms with Crippen LogP contribution in [0, 0.1) is 5.92 Å². The van der Waals surface area contributed by atoms with Crippen molar-refractivity contribution in [2.24, 2.45) is 5.92 Å². The summed E-state index contributed by atoms with van der Waals surface area (Å²) in [6.45, 7) is 6.61. The predicted octanol–water partition coefficient (Wildman–Crippen LogP) is 3.51. The largest absolute Gasteiger partial charge is 0.333 e. The van der Waals surface area contributed by atoms with Crippen LogP contribution in [0.2, 0.25) is 0 Å². The van der Waals surface area contributed by atoms with Gasteiger partial charge in [-0.25, -0.2) is 8.42 Å². The highest BCUT2D eigenvalue weighted by Gasteiger charge is 2.42. The van der Waals surface area contributed by atoms with Crippen LogP contribution in [-0.2, 0) is 10.0 Å². The van der Waals surface area contributed by atoms with Crippen molar-refractivity contribution in [3.05, 3.63) is 29.8 Å². The Hall–Kier alpha value is -1.40. The Bertz CT molecular complexity index is 758. The van der Waals surface area contributed by atoms with E-state index in [1.54, 1.807) is 24.3 Å². The molecule has 144 valence electrons. The van der Waals surface area contributed by atoms with Crippen LogP contribution in [0.3, 0.4) is 0 Å². The van der Waals surface area contributed by atoms with E-state index >= 15 is 0 Å². The van der Waals surface area contributed by atoms with Gasteiger partial charge in [0.05, 0.1) is 4.90 Å². The van der Waals surface area contributed by atoms with Crippen LogP contribution >= 0.6 is 0 Å². The lowest BCUT2D eigenvalue weighted by molar-refractivity contribution is 0.0633. The predicted molar refractivity (Wildman–Crippen MR) is 103 cm³/mol. The highest BCUT2D eigenvalue weighted by molar-refractivity contribution is 7.89. The minimum absolute atomic E-state index is 0.0245. The quantitative estimate of drug-likeness (QED) is 0.788. The second-order valence-electron chi connectivity index (χ2n) is 7.53. The summed E-state index contributed by atoms with van der Waals surface area (Å²) in [6, 6.07) is 7.10. The molecule has 0 aromatic heterocycles. The van der Waals surface area contributed by atoms with Gasteiger partial charge in [0.15, 0.2) is 0 Å². The molecule has 1 aliphatic heterocycles. The van der Waals surface area contributed by atoms with Crippen LogP contribution in [0.4, 0.5) is 0 Å². The van der Waals surface area contributed by atoms with Gasteiger partial charge in [-0.05, 0) is 50.3 Å². The maximum Gasteiger partial charge on any atom is 0.254 e. The van der Waals surface area contributed by atoms with Crippen molar-refractivity contribution < 1.29 is 13.2 Å². The summed E-state index contributed by atoms with van der Waals surface area (Å²) in [6.07, 6.45) is 5.77.